The first-order valence-electron chi connectivity index (χ1n) is 7.93. The lowest BCUT2D eigenvalue weighted by atomic mass is 9.99. The average molecular weight is 325 g/mol. The van der Waals surface area contributed by atoms with Crippen molar-refractivity contribution in [2.75, 3.05) is 19.7 Å². The van der Waals surface area contributed by atoms with Crippen molar-refractivity contribution in [1.82, 2.24) is 10.2 Å². The summed E-state index contributed by atoms with van der Waals surface area (Å²) in [6.07, 6.45) is 1.89. The van der Waals surface area contributed by atoms with Crippen molar-refractivity contribution in [2.24, 2.45) is 5.92 Å². The van der Waals surface area contributed by atoms with Crippen LogP contribution in [0.1, 0.15) is 37.0 Å². The van der Waals surface area contributed by atoms with Crippen molar-refractivity contribution in [2.45, 2.75) is 38.8 Å². The molecule has 0 bridgehead atoms. The quantitative estimate of drug-likeness (QED) is 0.875. The minimum Gasteiger partial charge on any atom is -0.396 e. The molecule has 2 rings (SSSR count). The second-order valence-corrected chi connectivity index (χ2v) is 6.63. The van der Waals surface area contributed by atoms with Gasteiger partial charge >= 0.3 is 0 Å². The Morgan fingerprint density at radius 3 is 2.45 bits per heavy atom. The number of amides is 1. The molecule has 1 aromatic carbocycles. The van der Waals surface area contributed by atoms with E-state index in [4.69, 9.17) is 11.6 Å². The molecule has 5 heteroatoms. The lowest BCUT2D eigenvalue weighted by molar-refractivity contribution is 0.0697. The summed E-state index contributed by atoms with van der Waals surface area (Å²) in [5, 5.41) is 13.4. The normalized spacial score (nSPS) is 19.0. The molecule has 4 nitrogen and oxygen atoms in total. The number of halogens is 1. The van der Waals surface area contributed by atoms with Crippen LogP contribution in [0, 0.1) is 5.92 Å². The molecule has 1 heterocycles. The number of hydrogen-bond donors (Lipinski definition) is 2. The van der Waals surface area contributed by atoms with Crippen LogP contribution < -0.4 is 5.32 Å². The van der Waals surface area contributed by atoms with E-state index in [2.05, 4.69) is 12.2 Å². The molecule has 1 saturated heterocycles. The van der Waals surface area contributed by atoms with Crippen LogP contribution in [0.3, 0.4) is 0 Å². The molecular weight excluding hydrogens is 300 g/mol. The molecule has 0 radical (unpaired) electrons. The van der Waals surface area contributed by atoms with Crippen molar-refractivity contribution < 1.29 is 9.90 Å². The molecule has 0 aliphatic carbocycles. The first-order chi connectivity index (χ1) is 10.5. The van der Waals surface area contributed by atoms with Gasteiger partial charge < -0.3 is 15.3 Å². The van der Waals surface area contributed by atoms with Gasteiger partial charge in [-0.25, -0.2) is 0 Å². The second-order valence-electron chi connectivity index (χ2n) is 6.19. The van der Waals surface area contributed by atoms with Crippen molar-refractivity contribution in [3.63, 3.8) is 0 Å². The number of nitrogens with zero attached hydrogens (tertiary/aromatic N) is 1. The van der Waals surface area contributed by atoms with E-state index in [0.717, 1.165) is 25.9 Å². The van der Waals surface area contributed by atoms with Gasteiger partial charge in [-0.05, 0) is 49.9 Å². The summed E-state index contributed by atoms with van der Waals surface area (Å²) in [7, 11) is 0. The van der Waals surface area contributed by atoms with Crippen LogP contribution in [0.4, 0.5) is 0 Å². The van der Waals surface area contributed by atoms with Gasteiger partial charge in [0.15, 0.2) is 0 Å². The minimum absolute atomic E-state index is 0.0758. The molecule has 22 heavy (non-hydrogen) atoms. The number of benzene rings is 1. The monoisotopic (exact) mass is 324 g/mol. The van der Waals surface area contributed by atoms with Crippen LogP contribution in [0.25, 0.3) is 0 Å². The Bertz CT molecular complexity index is 484. The highest BCUT2D eigenvalue weighted by Crippen LogP contribution is 2.17. The topological polar surface area (TPSA) is 52.6 Å². The molecule has 1 aromatic rings. The number of piperidine rings is 1. The van der Waals surface area contributed by atoms with Crippen LogP contribution in [-0.2, 0) is 0 Å². The van der Waals surface area contributed by atoms with Gasteiger partial charge in [0.25, 0.3) is 5.91 Å². The molecule has 1 aliphatic heterocycles. The molecule has 2 N–H and O–H groups in total. The van der Waals surface area contributed by atoms with E-state index in [1.54, 1.807) is 24.3 Å². The smallest absolute Gasteiger partial charge is 0.253 e. The maximum absolute atomic E-state index is 12.4. The number of hydrogen-bond acceptors (Lipinski definition) is 3. The van der Waals surface area contributed by atoms with Gasteiger partial charge in [0.05, 0.1) is 0 Å². The van der Waals surface area contributed by atoms with Gasteiger partial charge in [0, 0.05) is 42.4 Å². The van der Waals surface area contributed by atoms with Crippen LogP contribution in [0.15, 0.2) is 24.3 Å². The Balaban J connectivity index is 1.84. The summed E-state index contributed by atoms with van der Waals surface area (Å²) in [6.45, 7) is 5.86. The maximum Gasteiger partial charge on any atom is 0.253 e. The first kappa shape index (κ1) is 17.3. The molecule has 1 aliphatic rings. The summed E-state index contributed by atoms with van der Waals surface area (Å²) in [4.78, 5) is 14.3. The summed E-state index contributed by atoms with van der Waals surface area (Å²) < 4.78 is 0. The molecule has 1 fully saturated rings. The molecule has 0 aromatic heterocycles. The largest absolute Gasteiger partial charge is 0.396 e. The van der Waals surface area contributed by atoms with Crippen molar-refractivity contribution in [3.8, 4) is 0 Å². The van der Waals surface area contributed by atoms with Gasteiger partial charge in [-0.2, -0.15) is 0 Å². The third-order valence-corrected chi connectivity index (χ3v) is 4.77. The number of likely N-dealkylation sites (tertiary alicyclic amines) is 1. The van der Waals surface area contributed by atoms with Crippen molar-refractivity contribution in [1.29, 1.82) is 0 Å². The molecule has 122 valence electrons. The van der Waals surface area contributed by atoms with E-state index < -0.39 is 0 Å². The average Bonchev–Trinajstić information content (AvgIpc) is 2.54. The van der Waals surface area contributed by atoms with Gasteiger partial charge in [0.2, 0.25) is 0 Å². The number of carbonyl (C=O) groups is 1. The third kappa shape index (κ3) is 4.45. The second kappa shape index (κ2) is 7.95. The molecule has 2 atom stereocenters. The zero-order valence-corrected chi connectivity index (χ0v) is 14.0. The number of aliphatic hydroxyl groups excluding tert-OH is 1. The highest BCUT2D eigenvalue weighted by Gasteiger charge is 2.25. The molecule has 1 amide bonds. The Hall–Kier alpha value is -1.10. The van der Waals surface area contributed by atoms with E-state index >= 15 is 0 Å². The van der Waals surface area contributed by atoms with Gasteiger partial charge in [-0.15, -0.1) is 0 Å². The van der Waals surface area contributed by atoms with E-state index in [0.29, 0.717) is 16.6 Å². The van der Waals surface area contributed by atoms with E-state index in [1.807, 2.05) is 11.8 Å². The van der Waals surface area contributed by atoms with Gasteiger partial charge in [0.1, 0.15) is 0 Å². The number of carbonyl (C=O) groups excluding carboxylic acids is 1. The van der Waals surface area contributed by atoms with E-state index in [-0.39, 0.29) is 24.5 Å². The summed E-state index contributed by atoms with van der Waals surface area (Å²) in [5.74, 6) is 0.320. The third-order valence-electron chi connectivity index (χ3n) is 4.51. The molecule has 0 saturated carbocycles. The van der Waals surface area contributed by atoms with E-state index in [9.17, 15) is 9.90 Å². The Labute approximate surface area is 137 Å². The molecule has 2 unspecified atom stereocenters. The number of aliphatic hydroxyl groups is 1. The standard InChI is InChI=1S/C17H25ClN2O2/c1-12(11-21)13(2)19-16-7-9-20(10-8-16)17(22)14-3-5-15(18)6-4-14/h3-6,12-13,16,19,21H,7-11H2,1-2H3. The zero-order chi connectivity index (χ0) is 16.1. The fourth-order valence-electron chi connectivity index (χ4n) is 2.72. The molecule has 0 spiro atoms. The highest BCUT2D eigenvalue weighted by atomic mass is 35.5. The Morgan fingerprint density at radius 2 is 1.91 bits per heavy atom. The first-order valence-corrected chi connectivity index (χ1v) is 8.30. The van der Waals surface area contributed by atoms with Crippen LogP contribution in [0.5, 0.6) is 0 Å². The van der Waals surface area contributed by atoms with Crippen LogP contribution in [-0.4, -0.2) is 47.7 Å². The Morgan fingerprint density at radius 1 is 1.32 bits per heavy atom. The lowest BCUT2D eigenvalue weighted by Gasteiger charge is -2.35. The van der Waals surface area contributed by atoms with Crippen molar-refractivity contribution >= 4 is 17.5 Å². The van der Waals surface area contributed by atoms with Crippen LogP contribution in [0.2, 0.25) is 5.02 Å². The maximum atomic E-state index is 12.4. The predicted molar refractivity (Wildman–Crippen MR) is 89.2 cm³/mol. The number of nitrogens with one attached hydrogen (secondary N) is 1. The van der Waals surface area contributed by atoms with Crippen molar-refractivity contribution in [3.05, 3.63) is 34.9 Å². The Kier molecular flexibility index (Phi) is 6.24. The summed E-state index contributed by atoms with van der Waals surface area (Å²) in [6, 6.07) is 7.76. The van der Waals surface area contributed by atoms with Gasteiger partial charge in [-0.3, -0.25) is 4.79 Å². The lowest BCUT2D eigenvalue weighted by Crippen LogP contribution is -2.48. The van der Waals surface area contributed by atoms with Gasteiger partial charge in [-0.1, -0.05) is 18.5 Å². The zero-order valence-electron chi connectivity index (χ0n) is 13.3. The summed E-state index contributed by atoms with van der Waals surface area (Å²) >= 11 is 5.86. The minimum atomic E-state index is 0.0758. The fourth-order valence-corrected chi connectivity index (χ4v) is 2.84. The fraction of sp³-hybridized carbons (Fsp3) is 0.588. The highest BCUT2D eigenvalue weighted by molar-refractivity contribution is 6.30. The van der Waals surface area contributed by atoms with E-state index in [1.165, 1.54) is 0 Å². The summed E-state index contributed by atoms with van der Waals surface area (Å²) in [5.41, 5.74) is 0.693. The van der Waals surface area contributed by atoms with Crippen LogP contribution >= 0.6 is 11.6 Å². The number of rotatable bonds is 5. The predicted octanol–water partition coefficient (Wildman–Crippen LogP) is 2.55. The SMILES string of the molecule is CC(CO)C(C)NC1CCN(C(=O)c2ccc(Cl)cc2)CC1. The molecular formula is C17H25ClN2O2.